The van der Waals surface area contributed by atoms with Crippen LogP contribution < -0.4 is 10.6 Å². The predicted molar refractivity (Wildman–Crippen MR) is 71.1 cm³/mol. The van der Waals surface area contributed by atoms with Crippen LogP contribution in [0.25, 0.3) is 0 Å². The lowest BCUT2D eigenvalue weighted by Crippen LogP contribution is -2.45. The van der Waals surface area contributed by atoms with Crippen molar-refractivity contribution in [2.45, 2.75) is 32.4 Å². The third-order valence-corrected chi connectivity index (χ3v) is 3.73. The largest absolute Gasteiger partial charge is 0.392 e. The molecule has 0 spiro atoms. The number of anilines is 1. The Kier molecular flexibility index (Phi) is 3.87. The van der Waals surface area contributed by atoms with Gasteiger partial charge in [0.05, 0.1) is 12.5 Å². The summed E-state index contributed by atoms with van der Waals surface area (Å²) in [5.74, 6) is -0.266. The number of benzene rings is 1. The molecule has 1 heterocycles. The number of carbonyl (C=O) groups excluding carboxylic acids is 1. The number of amides is 1. The lowest BCUT2D eigenvalue weighted by atomic mass is 9.92. The molecule has 1 amide bonds. The molecule has 0 bridgehead atoms. The average Bonchev–Trinajstić information content (AvgIpc) is 2.39. The molecule has 0 saturated carbocycles. The van der Waals surface area contributed by atoms with Crippen LogP contribution in [0.2, 0.25) is 0 Å². The van der Waals surface area contributed by atoms with Gasteiger partial charge >= 0.3 is 0 Å². The Labute approximate surface area is 107 Å². The van der Waals surface area contributed by atoms with Crippen molar-refractivity contribution < 1.29 is 9.90 Å². The number of primary amides is 1. The Morgan fingerprint density at radius 2 is 2.06 bits per heavy atom. The van der Waals surface area contributed by atoms with Gasteiger partial charge in [0.15, 0.2) is 0 Å². The summed E-state index contributed by atoms with van der Waals surface area (Å²) < 4.78 is 0. The van der Waals surface area contributed by atoms with Crippen LogP contribution in [0.5, 0.6) is 0 Å². The molecule has 4 nitrogen and oxygen atoms in total. The number of piperidine rings is 1. The van der Waals surface area contributed by atoms with Crippen LogP contribution in [0, 0.1) is 5.92 Å². The third-order valence-electron chi connectivity index (χ3n) is 3.73. The van der Waals surface area contributed by atoms with E-state index in [1.165, 1.54) is 0 Å². The number of nitrogens with two attached hydrogens (primary N) is 1. The zero-order valence-electron chi connectivity index (χ0n) is 10.7. The van der Waals surface area contributed by atoms with E-state index < -0.39 is 0 Å². The summed E-state index contributed by atoms with van der Waals surface area (Å²) in [6.07, 6.45) is 1.86. The highest BCUT2D eigenvalue weighted by molar-refractivity contribution is 5.77. The van der Waals surface area contributed by atoms with Crippen molar-refractivity contribution in [2.75, 3.05) is 11.4 Å². The maximum atomic E-state index is 11.3. The van der Waals surface area contributed by atoms with E-state index in [9.17, 15) is 4.79 Å². The number of hydrogen-bond acceptors (Lipinski definition) is 3. The first-order valence-corrected chi connectivity index (χ1v) is 6.37. The van der Waals surface area contributed by atoms with E-state index in [2.05, 4.69) is 11.8 Å². The maximum absolute atomic E-state index is 11.3. The molecule has 1 aliphatic heterocycles. The normalized spacial score (nSPS) is 24.0. The van der Waals surface area contributed by atoms with Crippen molar-refractivity contribution in [3.8, 4) is 0 Å². The molecule has 1 aliphatic rings. The van der Waals surface area contributed by atoms with Crippen molar-refractivity contribution in [1.29, 1.82) is 0 Å². The van der Waals surface area contributed by atoms with Crippen LogP contribution in [0.15, 0.2) is 24.3 Å². The minimum absolute atomic E-state index is 0.0553. The van der Waals surface area contributed by atoms with Gasteiger partial charge in [-0.3, -0.25) is 4.79 Å². The zero-order valence-corrected chi connectivity index (χ0v) is 10.7. The Morgan fingerprint density at radius 3 is 2.61 bits per heavy atom. The summed E-state index contributed by atoms with van der Waals surface area (Å²) in [4.78, 5) is 13.5. The van der Waals surface area contributed by atoms with E-state index in [1.54, 1.807) is 0 Å². The van der Waals surface area contributed by atoms with Crippen LogP contribution in [0.1, 0.15) is 25.3 Å². The van der Waals surface area contributed by atoms with Crippen molar-refractivity contribution in [3.63, 3.8) is 0 Å². The molecule has 0 aliphatic carbocycles. The summed E-state index contributed by atoms with van der Waals surface area (Å²) in [6, 6.07) is 8.23. The number of aliphatic hydroxyl groups is 1. The van der Waals surface area contributed by atoms with Gasteiger partial charge in [-0.05, 0) is 37.5 Å². The smallest absolute Gasteiger partial charge is 0.222 e. The summed E-state index contributed by atoms with van der Waals surface area (Å²) in [5.41, 5.74) is 7.39. The Balaban J connectivity index is 2.15. The zero-order chi connectivity index (χ0) is 13.1. The summed E-state index contributed by atoms with van der Waals surface area (Å²) >= 11 is 0. The van der Waals surface area contributed by atoms with Crippen molar-refractivity contribution in [1.82, 2.24) is 0 Å². The van der Waals surface area contributed by atoms with Gasteiger partial charge in [-0.1, -0.05) is 12.1 Å². The van der Waals surface area contributed by atoms with Crippen molar-refractivity contribution >= 4 is 11.6 Å². The molecule has 1 fully saturated rings. The Morgan fingerprint density at radius 1 is 1.39 bits per heavy atom. The first kappa shape index (κ1) is 12.9. The maximum Gasteiger partial charge on any atom is 0.222 e. The van der Waals surface area contributed by atoms with Crippen molar-refractivity contribution in [3.05, 3.63) is 29.8 Å². The van der Waals surface area contributed by atoms with Gasteiger partial charge in [0.25, 0.3) is 0 Å². The molecule has 3 N–H and O–H groups in total. The lowest BCUT2D eigenvalue weighted by Gasteiger charge is -2.38. The molecule has 98 valence electrons. The molecule has 2 unspecified atom stereocenters. The minimum atomic E-state index is -0.209. The van der Waals surface area contributed by atoms with Gasteiger partial charge in [0.2, 0.25) is 5.91 Å². The number of nitrogens with zero attached hydrogens (tertiary/aromatic N) is 1. The number of hydrogen-bond donors (Lipinski definition) is 2. The van der Waals surface area contributed by atoms with E-state index >= 15 is 0 Å². The summed E-state index contributed by atoms with van der Waals surface area (Å²) in [5, 5.41) is 9.03. The molecule has 0 aromatic heterocycles. The second kappa shape index (κ2) is 5.40. The predicted octanol–water partition coefficient (Wildman–Crippen LogP) is 1.27. The van der Waals surface area contributed by atoms with E-state index in [0.29, 0.717) is 12.6 Å². The van der Waals surface area contributed by atoms with Crippen LogP contribution in [0.4, 0.5) is 5.69 Å². The van der Waals surface area contributed by atoms with Crippen LogP contribution >= 0.6 is 0 Å². The monoisotopic (exact) mass is 248 g/mol. The van der Waals surface area contributed by atoms with Crippen LogP contribution in [0.3, 0.4) is 0 Å². The molecule has 1 aromatic carbocycles. The van der Waals surface area contributed by atoms with E-state index in [-0.39, 0.29) is 18.4 Å². The second-order valence-electron chi connectivity index (χ2n) is 5.00. The number of aliphatic hydroxyl groups excluding tert-OH is 1. The first-order valence-electron chi connectivity index (χ1n) is 6.37. The highest BCUT2D eigenvalue weighted by atomic mass is 16.3. The molecule has 1 saturated heterocycles. The van der Waals surface area contributed by atoms with E-state index in [0.717, 1.165) is 24.1 Å². The first-order chi connectivity index (χ1) is 8.61. The molecule has 1 aromatic rings. The van der Waals surface area contributed by atoms with E-state index in [1.807, 2.05) is 24.3 Å². The van der Waals surface area contributed by atoms with Crippen molar-refractivity contribution in [2.24, 2.45) is 11.7 Å². The SMILES string of the molecule is CC1CCC(C(N)=O)CN1c1ccc(CO)cc1. The minimum Gasteiger partial charge on any atom is -0.392 e. The molecular formula is C14H20N2O2. The fraction of sp³-hybridized carbons (Fsp3) is 0.500. The molecule has 18 heavy (non-hydrogen) atoms. The second-order valence-corrected chi connectivity index (χ2v) is 5.00. The van der Waals surface area contributed by atoms with Gasteiger partial charge in [-0.25, -0.2) is 0 Å². The number of rotatable bonds is 3. The molecule has 4 heteroatoms. The highest BCUT2D eigenvalue weighted by Crippen LogP contribution is 2.27. The van der Waals surface area contributed by atoms with Gasteiger partial charge in [-0.15, -0.1) is 0 Å². The van der Waals surface area contributed by atoms with Gasteiger partial charge < -0.3 is 15.7 Å². The highest BCUT2D eigenvalue weighted by Gasteiger charge is 2.28. The number of carbonyl (C=O) groups is 1. The Hall–Kier alpha value is -1.55. The quantitative estimate of drug-likeness (QED) is 0.846. The molecule has 0 radical (unpaired) electrons. The summed E-state index contributed by atoms with van der Waals surface area (Å²) in [6.45, 7) is 2.91. The third kappa shape index (κ3) is 2.64. The Bertz CT molecular complexity index is 416. The lowest BCUT2D eigenvalue weighted by molar-refractivity contribution is -0.122. The summed E-state index contributed by atoms with van der Waals surface area (Å²) in [7, 11) is 0. The van der Waals surface area contributed by atoms with Crippen LogP contribution in [-0.4, -0.2) is 23.6 Å². The molecule has 2 rings (SSSR count). The average molecular weight is 248 g/mol. The van der Waals surface area contributed by atoms with Gasteiger partial charge in [0.1, 0.15) is 0 Å². The standard InChI is InChI=1S/C14H20N2O2/c1-10-2-5-12(14(15)18)8-16(10)13-6-3-11(9-17)4-7-13/h3-4,6-7,10,12,17H,2,5,8-9H2,1H3,(H2,15,18). The molecular weight excluding hydrogens is 228 g/mol. The fourth-order valence-corrected chi connectivity index (χ4v) is 2.49. The van der Waals surface area contributed by atoms with Crippen LogP contribution in [-0.2, 0) is 11.4 Å². The van der Waals surface area contributed by atoms with Gasteiger partial charge in [0, 0.05) is 18.3 Å². The topological polar surface area (TPSA) is 66.6 Å². The van der Waals surface area contributed by atoms with Gasteiger partial charge in [-0.2, -0.15) is 0 Å². The fourth-order valence-electron chi connectivity index (χ4n) is 2.49. The van der Waals surface area contributed by atoms with E-state index in [4.69, 9.17) is 10.8 Å². The molecule has 2 atom stereocenters.